The number of rotatable bonds is 7. The molecular weight excluding hydrogens is 268 g/mol. The predicted octanol–water partition coefficient (Wildman–Crippen LogP) is 2.98. The number of nitrogens with one attached hydrogen (secondary N) is 1. The fourth-order valence-corrected chi connectivity index (χ4v) is 1.83. The Balaban J connectivity index is 3.00. The summed E-state index contributed by atoms with van der Waals surface area (Å²) in [5.74, 6) is -1.03. The van der Waals surface area contributed by atoms with Gasteiger partial charge in [0, 0.05) is 6.04 Å². The lowest BCUT2D eigenvalue weighted by Crippen LogP contribution is -2.50. The van der Waals surface area contributed by atoms with Crippen molar-refractivity contribution in [3.05, 3.63) is 29.8 Å². The fourth-order valence-electron chi connectivity index (χ4n) is 1.83. The fraction of sp³-hybridized carbons (Fsp3) is 0.500. The van der Waals surface area contributed by atoms with Crippen LogP contribution in [0.25, 0.3) is 0 Å². The Morgan fingerprint density at radius 2 is 1.95 bits per heavy atom. The molecule has 2 unspecified atom stereocenters. The lowest BCUT2D eigenvalue weighted by atomic mass is 9.91. The van der Waals surface area contributed by atoms with Crippen LogP contribution >= 0.6 is 0 Å². The second-order valence-corrected chi connectivity index (χ2v) is 4.79. The third kappa shape index (κ3) is 3.90. The zero-order valence-corrected chi connectivity index (χ0v) is 11.7. The van der Waals surface area contributed by atoms with E-state index in [2.05, 4.69) is 10.1 Å². The highest BCUT2D eigenvalue weighted by molar-refractivity contribution is 5.80. The number of ether oxygens (including phenoxy) is 1. The van der Waals surface area contributed by atoms with Crippen LogP contribution in [0.4, 0.5) is 8.78 Å². The molecule has 1 rings (SSSR count). The summed E-state index contributed by atoms with van der Waals surface area (Å²) in [6, 6.07) is 5.62. The van der Waals surface area contributed by atoms with Crippen LogP contribution in [0.1, 0.15) is 32.8 Å². The van der Waals surface area contributed by atoms with Crippen LogP contribution in [0.3, 0.4) is 0 Å². The highest BCUT2D eigenvalue weighted by Gasteiger charge is 2.35. The molecule has 0 fully saturated rings. The standard InChI is InChI=1S/C14H19F2NO3/c1-4-9(2)17-14(3,12(18)19)10-5-7-11(8-6-10)20-13(15)16/h5-9,13,17H,4H2,1-3H3,(H,18,19). The monoisotopic (exact) mass is 287 g/mol. The number of hydrogen-bond donors (Lipinski definition) is 2. The van der Waals surface area contributed by atoms with Gasteiger partial charge in [0.15, 0.2) is 0 Å². The van der Waals surface area contributed by atoms with E-state index in [1.165, 1.54) is 24.3 Å². The number of hydrogen-bond acceptors (Lipinski definition) is 3. The minimum atomic E-state index is -2.90. The number of alkyl halides is 2. The second-order valence-electron chi connectivity index (χ2n) is 4.79. The van der Waals surface area contributed by atoms with Crippen LogP contribution in [0, 0.1) is 0 Å². The molecule has 0 aliphatic carbocycles. The Kier molecular flexibility index (Phi) is 5.44. The number of halogens is 2. The summed E-state index contributed by atoms with van der Waals surface area (Å²) in [7, 11) is 0. The number of carboxylic acids is 1. The quantitative estimate of drug-likeness (QED) is 0.809. The molecule has 0 aromatic heterocycles. The molecular formula is C14H19F2NO3. The van der Waals surface area contributed by atoms with Crippen LogP contribution in [0.2, 0.25) is 0 Å². The average Bonchev–Trinajstić information content (AvgIpc) is 2.38. The first-order chi connectivity index (χ1) is 9.29. The molecule has 0 bridgehead atoms. The van der Waals surface area contributed by atoms with Crippen LogP contribution < -0.4 is 10.1 Å². The van der Waals surface area contributed by atoms with Gasteiger partial charge < -0.3 is 9.84 Å². The van der Waals surface area contributed by atoms with Crippen molar-refractivity contribution < 1.29 is 23.4 Å². The summed E-state index contributed by atoms with van der Waals surface area (Å²) in [5, 5.41) is 12.5. The van der Waals surface area contributed by atoms with Gasteiger partial charge in [0.25, 0.3) is 0 Å². The lowest BCUT2D eigenvalue weighted by Gasteiger charge is -2.30. The second kappa shape index (κ2) is 6.65. The van der Waals surface area contributed by atoms with E-state index >= 15 is 0 Å². The van der Waals surface area contributed by atoms with Gasteiger partial charge in [-0.3, -0.25) is 5.32 Å². The summed E-state index contributed by atoms with van der Waals surface area (Å²) in [5.41, 5.74) is -0.800. The summed E-state index contributed by atoms with van der Waals surface area (Å²) >= 11 is 0. The summed E-state index contributed by atoms with van der Waals surface area (Å²) < 4.78 is 28.4. The van der Waals surface area contributed by atoms with Crippen molar-refractivity contribution in [3.63, 3.8) is 0 Å². The summed E-state index contributed by atoms with van der Waals surface area (Å²) in [4.78, 5) is 11.5. The van der Waals surface area contributed by atoms with E-state index in [9.17, 15) is 18.7 Å². The lowest BCUT2D eigenvalue weighted by molar-refractivity contribution is -0.145. The topological polar surface area (TPSA) is 58.6 Å². The van der Waals surface area contributed by atoms with Gasteiger partial charge in [-0.2, -0.15) is 8.78 Å². The minimum absolute atomic E-state index is 0.0000266. The Morgan fingerprint density at radius 1 is 1.40 bits per heavy atom. The molecule has 0 aliphatic rings. The maximum absolute atomic E-state index is 12.1. The molecule has 0 saturated heterocycles. The first-order valence-electron chi connectivity index (χ1n) is 6.36. The molecule has 0 amide bonds. The van der Waals surface area contributed by atoms with Crippen LogP contribution in [0.15, 0.2) is 24.3 Å². The van der Waals surface area contributed by atoms with Crippen LogP contribution in [-0.2, 0) is 10.3 Å². The zero-order chi connectivity index (χ0) is 15.3. The molecule has 4 nitrogen and oxygen atoms in total. The molecule has 6 heteroatoms. The molecule has 1 aromatic carbocycles. The molecule has 1 aromatic rings. The molecule has 0 saturated carbocycles. The summed E-state index contributed by atoms with van der Waals surface area (Å²) in [6.07, 6.45) is 0.773. The number of carbonyl (C=O) groups is 1. The van der Waals surface area contributed by atoms with Gasteiger partial charge in [0.2, 0.25) is 0 Å². The van der Waals surface area contributed by atoms with Gasteiger partial charge >= 0.3 is 12.6 Å². The van der Waals surface area contributed by atoms with Gasteiger partial charge in [0.1, 0.15) is 11.3 Å². The molecule has 112 valence electrons. The maximum atomic E-state index is 12.1. The SMILES string of the molecule is CCC(C)NC(C)(C(=O)O)c1ccc(OC(F)F)cc1. The molecule has 2 atom stereocenters. The normalized spacial score (nSPS) is 15.7. The van der Waals surface area contributed by atoms with E-state index in [0.717, 1.165) is 6.42 Å². The van der Waals surface area contributed by atoms with Crippen molar-refractivity contribution in [2.45, 2.75) is 45.4 Å². The van der Waals surface area contributed by atoms with Crippen molar-refractivity contribution in [3.8, 4) is 5.75 Å². The van der Waals surface area contributed by atoms with Crippen molar-refractivity contribution in [2.75, 3.05) is 0 Å². The van der Waals surface area contributed by atoms with Gasteiger partial charge in [-0.15, -0.1) is 0 Å². The average molecular weight is 287 g/mol. The molecule has 0 radical (unpaired) electrons. The minimum Gasteiger partial charge on any atom is -0.480 e. The Morgan fingerprint density at radius 3 is 2.35 bits per heavy atom. The van der Waals surface area contributed by atoms with Gasteiger partial charge in [-0.25, -0.2) is 4.79 Å². The highest BCUT2D eigenvalue weighted by atomic mass is 19.3. The highest BCUT2D eigenvalue weighted by Crippen LogP contribution is 2.25. The third-order valence-electron chi connectivity index (χ3n) is 3.23. The van der Waals surface area contributed by atoms with E-state index in [1.54, 1.807) is 6.92 Å². The van der Waals surface area contributed by atoms with E-state index in [4.69, 9.17) is 0 Å². The predicted molar refractivity (Wildman–Crippen MR) is 71.0 cm³/mol. The van der Waals surface area contributed by atoms with Crippen LogP contribution in [-0.4, -0.2) is 23.7 Å². The molecule has 0 spiro atoms. The van der Waals surface area contributed by atoms with Crippen molar-refractivity contribution in [1.29, 1.82) is 0 Å². The number of benzene rings is 1. The van der Waals surface area contributed by atoms with E-state index < -0.39 is 18.1 Å². The Hall–Kier alpha value is -1.69. The van der Waals surface area contributed by atoms with Crippen molar-refractivity contribution in [2.24, 2.45) is 0 Å². The maximum Gasteiger partial charge on any atom is 0.387 e. The number of aliphatic carboxylic acids is 1. The van der Waals surface area contributed by atoms with Gasteiger partial charge in [0.05, 0.1) is 0 Å². The zero-order valence-electron chi connectivity index (χ0n) is 11.7. The van der Waals surface area contributed by atoms with Gasteiger partial charge in [-0.1, -0.05) is 19.1 Å². The van der Waals surface area contributed by atoms with Crippen molar-refractivity contribution in [1.82, 2.24) is 5.32 Å². The molecule has 2 N–H and O–H groups in total. The summed E-state index contributed by atoms with van der Waals surface area (Å²) in [6.45, 7) is 2.48. The van der Waals surface area contributed by atoms with E-state index in [0.29, 0.717) is 5.56 Å². The smallest absolute Gasteiger partial charge is 0.387 e. The van der Waals surface area contributed by atoms with Crippen LogP contribution in [0.5, 0.6) is 5.75 Å². The molecule has 20 heavy (non-hydrogen) atoms. The van der Waals surface area contributed by atoms with Gasteiger partial charge in [-0.05, 0) is 38.0 Å². The Labute approximate surface area is 116 Å². The van der Waals surface area contributed by atoms with E-state index in [-0.39, 0.29) is 11.8 Å². The van der Waals surface area contributed by atoms with Crippen molar-refractivity contribution >= 4 is 5.97 Å². The Bertz CT molecular complexity index is 450. The first-order valence-corrected chi connectivity index (χ1v) is 6.36. The largest absolute Gasteiger partial charge is 0.480 e. The first kappa shape index (κ1) is 16.4. The van der Waals surface area contributed by atoms with E-state index in [1.807, 2.05) is 13.8 Å². The number of carboxylic acid groups (broad SMARTS) is 1. The molecule has 0 aliphatic heterocycles. The molecule has 0 heterocycles. The third-order valence-corrected chi connectivity index (χ3v) is 3.23.